The van der Waals surface area contributed by atoms with E-state index < -0.39 is 11.6 Å². The second-order valence-corrected chi connectivity index (χ2v) is 6.54. The van der Waals surface area contributed by atoms with Crippen molar-refractivity contribution in [2.75, 3.05) is 0 Å². The Morgan fingerprint density at radius 2 is 1.80 bits per heavy atom. The summed E-state index contributed by atoms with van der Waals surface area (Å²) in [7, 11) is 0. The van der Waals surface area contributed by atoms with E-state index in [-0.39, 0.29) is 22.6 Å². The molecule has 0 aliphatic heterocycles. The van der Waals surface area contributed by atoms with E-state index in [1.807, 2.05) is 0 Å². The summed E-state index contributed by atoms with van der Waals surface area (Å²) in [6, 6.07) is 4.07. The number of hydrogen-bond acceptors (Lipinski definition) is 1. The number of rotatable bonds is 2. The van der Waals surface area contributed by atoms with E-state index in [0.717, 1.165) is 38.2 Å². The highest BCUT2D eigenvalue weighted by Crippen LogP contribution is 2.55. The van der Waals surface area contributed by atoms with Gasteiger partial charge in [0.25, 0.3) is 0 Å². The summed E-state index contributed by atoms with van der Waals surface area (Å²) in [5.74, 6) is -1.74. The van der Waals surface area contributed by atoms with Gasteiger partial charge in [-0.1, -0.05) is 31.7 Å². The van der Waals surface area contributed by atoms with Gasteiger partial charge in [0.15, 0.2) is 11.6 Å². The van der Waals surface area contributed by atoms with Crippen LogP contribution in [0.4, 0.5) is 8.78 Å². The van der Waals surface area contributed by atoms with E-state index >= 15 is 0 Å². The van der Waals surface area contributed by atoms with E-state index in [4.69, 9.17) is 16.3 Å². The van der Waals surface area contributed by atoms with Gasteiger partial charge in [-0.25, -0.2) is 4.39 Å². The van der Waals surface area contributed by atoms with Crippen molar-refractivity contribution in [3.8, 4) is 5.75 Å². The predicted octanol–water partition coefficient (Wildman–Crippen LogP) is 5.06. The quantitative estimate of drug-likeness (QED) is 0.693. The molecule has 2 unspecified atom stereocenters. The Morgan fingerprint density at radius 1 is 1.10 bits per heavy atom. The molecule has 0 radical (unpaired) electrons. The van der Waals surface area contributed by atoms with Crippen LogP contribution in [0.15, 0.2) is 18.2 Å². The zero-order chi connectivity index (χ0) is 14.2. The fourth-order valence-electron chi connectivity index (χ4n) is 3.61. The Morgan fingerprint density at radius 3 is 2.45 bits per heavy atom. The van der Waals surface area contributed by atoms with Crippen molar-refractivity contribution < 1.29 is 13.5 Å². The van der Waals surface area contributed by atoms with Crippen LogP contribution >= 0.6 is 11.6 Å². The van der Waals surface area contributed by atoms with Gasteiger partial charge in [0.1, 0.15) is 6.10 Å². The molecule has 1 spiro atoms. The molecule has 2 fully saturated rings. The maximum absolute atomic E-state index is 13.7. The maximum Gasteiger partial charge on any atom is 0.200 e. The molecule has 2 atom stereocenters. The molecule has 1 aromatic carbocycles. The Labute approximate surface area is 123 Å². The summed E-state index contributed by atoms with van der Waals surface area (Å²) in [5, 5.41) is 0.0993. The Hall–Kier alpha value is -0.830. The molecule has 110 valence electrons. The molecule has 3 rings (SSSR count). The highest BCUT2D eigenvalue weighted by Gasteiger charge is 2.55. The van der Waals surface area contributed by atoms with E-state index in [0.29, 0.717) is 0 Å². The lowest BCUT2D eigenvalue weighted by Crippen LogP contribution is -2.57. The van der Waals surface area contributed by atoms with Gasteiger partial charge in [0.2, 0.25) is 5.82 Å². The SMILES string of the molecule is Fc1cccc(OC2CC(Cl)C23CCCCCC3)c1F. The van der Waals surface area contributed by atoms with Gasteiger partial charge in [-0.15, -0.1) is 11.6 Å². The molecule has 1 nitrogen and oxygen atoms in total. The van der Waals surface area contributed by atoms with Crippen LogP contribution in [0, 0.1) is 17.0 Å². The van der Waals surface area contributed by atoms with Crippen molar-refractivity contribution in [2.24, 2.45) is 5.41 Å². The first-order chi connectivity index (χ1) is 9.63. The van der Waals surface area contributed by atoms with Gasteiger partial charge >= 0.3 is 0 Å². The smallest absolute Gasteiger partial charge is 0.200 e. The fraction of sp³-hybridized carbons (Fsp3) is 0.625. The van der Waals surface area contributed by atoms with E-state index in [1.165, 1.54) is 25.0 Å². The molecular weight excluding hydrogens is 282 g/mol. The average Bonchev–Trinajstić information content (AvgIpc) is 2.71. The Bertz CT molecular complexity index is 483. The van der Waals surface area contributed by atoms with Crippen LogP contribution in [0.1, 0.15) is 44.9 Å². The van der Waals surface area contributed by atoms with Crippen LogP contribution in [-0.4, -0.2) is 11.5 Å². The predicted molar refractivity (Wildman–Crippen MR) is 75.2 cm³/mol. The van der Waals surface area contributed by atoms with Crippen LogP contribution in [-0.2, 0) is 0 Å². The van der Waals surface area contributed by atoms with Crippen molar-refractivity contribution >= 4 is 11.6 Å². The first-order valence-corrected chi connectivity index (χ1v) is 7.82. The number of halogens is 3. The summed E-state index contributed by atoms with van der Waals surface area (Å²) in [4.78, 5) is 0. The highest BCUT2D eigenvalue weighted by molar-refractivity contribution is 6.21. The van der Waals surface area contributed by atoms with E-state index in [2.05, 4.69) is 0 Å². The molecule has 0 heterocycles. The molecule has 2 aliphatic carbocycles. The lowest BCUT2D eigenvalue weighted by molar-refractivity contribution is -0.0532. The minimum Gasteiger partial charge on any atom is -0.487 e. The first-order valence-electron chi connectivity index (χ1n) is 7.38. The van der Waals surface area contributed by atoms with E-state index in [9.17, 15) is 8.78 Å². The second-order valence-electron chi connectivity index (χ2n) is 6.01. The molecule has 2 aliphatic rings. The summed E-state index contributed by atoms with van der Waals surface area (Å²) < 4.78 is 32.8. The summed E-state index contributed by atoms with van der Waals surface area (Å²) >= 11 is 6.44. The molecule has 0 bridgehead atoms. The highest BCUT2D eigenvalue weighted by atomic mass is 35.5. The third-order valence-corrected chi connectivity index (χ3v) is 5.52. The Balaban J connectivity index is 1.78. The minimum atomic E-state index is -0.894. The third-order valence-electron chi connectivity index (χ3n) is 4.91. The molecule has 0 aromatic heterocycles. The van der Waals surface area contributed by atoms with Crippen molar-refractivity contribution in [3.63, 3.8) is 0 Å². The minimum absolute atomic E-state index is 0.0159. The number of benzene rings is 1. The second kappa shape index (κ2) is 5.51. The summed E-state index contributed by atoms with van der Waals surface area (Å²) in [5.41, 5.74) is -0.0448. The monoisotopic (exact) mass is 300 g/mol. The molecular formula is C16H19ClF2O. The van der Waals surface area contributed by atoms with Crippen molar-refractivity contribution in [1.29, 1.82) is 0 Å². The topological polar surface area (TPSA) is 9.23 Å². The largest absolute Gasteiger partial charge is 0.487 e. The zero-order valence-corrected chi connectivity index (χ0v) is 12.1. The average molecular weight is 301 g/mol. The van der Waals surface area contributed by atoms with Crippen molar-refractivity contribution in [3.05, 3.63) is 29.8 Å². The first kappa shape index (κ1) is 14.1. The maximum atomic E-state index is 13.7. The number of ether oxygens (including phenoxy) is 1. The van der Waals surface area contributed by atoms with E-state index in [1.54, 1.807) is 0 Å². The van der Waals surface area contributed by atoms with Crippen LogP contribution in [0.3, 0.4) is 0 Å². The fourth-order valence-corrected chi connectivity index (χ4v) is 4.13. The normalized spacial score (nSPS) is 28.8. The standard InChI is InChI=1S/C16H19ClF2O/c17-13-10-14(16(13)8-3-1-2-4-9-16)20-12-7-5-6-11(18)15(12)19/h5-7,13-14H,1-4,8-10H2. The Kier molecular flexibility index (Phi) is 3.89. The van der Waals surface area contributed by atoms with Gasteiger partial charge < -0.3 is 4.74 Å². The number of hydrogen-bond donors (Lipinski definition) is 0. The van der Waals surface area contributed by atoms with Crippen LogP contribution in [0.5, 0.6) is 5.75 Å². The zero-order valence-electron chi connectivity index (χ0n) is 11.4. The lowest BCUT2D eigenvalue weighted by Gasteiger charge is -2.53. The lowest BCUT2D eigenvalue weighted by atomic mass is 9.61. The van der Waals surface area contributed by atoms with Crippen LogP contribution < -0.4 is 4.74 Å². The molecule has 0 N–H and O–H groups in total. The molecule has 2 saturated carbocycles. The van der Waals surface area contributed by atoms with Crippen LogP contribution in [0.25, 0.3) is 0 Å². The van der Waals surface area contributed by atoms with Crippen LogP contribution in [0.2, 0.25) is 0 Å². The van der Waals surface area contributed by atoms with Gasteiger partial charge in [-0.05, 0) is 25.0 Å². The molecule has 20 heavy (non-hydrogen) atoms. The van der Waals surface area contributed by atoms with Gasteiger partial charge in [-0.2, -0.15) is 4.39 Å². The number of alkyl halides is 1. The van der Waals surface area contributed by atoms with Crippen molar-refractivity contribution in [1.82, 2.24) is 0 Å². The van der Waals surface area contributed by atoms with Gasteiger partial charge in [-0.3, -0.25) is 0 Å². The summed E-state index contributed by atoms with van der Waals surface area (Å²) in [6.45, 7) is 0. The van der Waals surface area contributed by atoms with Crippen molar-refractivity contribution in [2.45, 2.75) is 56.4 Å². The third kappa shape index (κ3) is 2.30. The molecule has 4 heteroatoms. The van der Waals surface area contributed by atoms with Gasteiger partial charge in [0, 0.05) is 17.2 Å². The summed E-state index contributed by atoms with van der Waals surface area (Å²) in [6.07, 6.45) is 7.45. The molecule has 1 aromatic rings. The van der Waals surface area contributed by atoms with Gasteiger partial charge in [0.05, 0.1) is 0 Å². The molecule has 0 amide bonds. The molecule has 0 saturated heterocycles.